The average molecular weight is 375 g/mol. The Labute approximate surface area is 166 Å². The average Bonchev–Trinajstić information content (AvgIpc) is 2.75. The van der Waals surface area contributed by atoms with Gasteiger partial charge in [-0.25, -0.2) is 0 Å². The molecule has 1 N–H and O–H groups in total. The van der Waals surface area contributed by atoms with E-state index in [1.54, 1.807) is 7.11 Å². The molecule has 4 nitrogen and oxygen atoms in total. The Kier molecular flexibility index (Phi) is 7.08. The van der Waals surface area contributed by atoms with Gasteiger partial charge >= 0.3 is 0 Å². The molecule has 0 fully saturated rings. The van der Waals surface area contributed by atoms with Gasteiger partial charge in [0.2, 0.25) is 0 Å². The Hall–Kier alpha value is -3.27. The van der Waals surface area contributed by atoms with Crippen molar-refractivity contribution >= 4 is 11.6 Å². The first kappa shape index (κ1) is 19.5. The SMILES string of the molecule is COc1ccc(NC(=O)[C@H](CCCc2ccccc2)Oc2ccccc2)cc1. The highest BCUT2D eigenvalue weighted by Gasteiger charge is 2.20. The van der Waals surface area contributed by atoms with Gasteiger partial charge in [-0.1, -0.05) is 48.5 Å². The monoisotopic (exact) mass is 375 g/mol. The molecule has 144 valence electrons. The predicted molar refractivity (Wildman–Crippen MR) is 112 cm³/mol. The second-order valence-corrected chi connectivity index (χ2v) is 6.52. The number of anilines is 1. The Morgan fingerprint density at radius 1 is 0.857 bits per heavy atom. The number of nitrogens with one attached hydrogen (secondary N) is 1. The maximum absolute atomic E-state index is 12.8. The van der Waals surface area contributed by atoms with E-state index >= 15 is 0 Å². The van der Waals surface area contributed by atoms with Gasteiger partial charge in [0, 0.05) is 5.69 Å². The van der Waals surface area contributed by atoms with Crippen LogP contribution in [0.3, 0.4) is 0 Å². The minimum absolute atomic E-state index is 0.151. The van der Waals surface area contributed by atoms with Crippen molar-refractivity contribution in [3.63, 3.8) is 0 Å². The highest BCUT2D eigenvalue weighted by Crippen LogP contribution is 2.19. The molecule has 0 saturated carbocycles. The summed E-state index contributed by atoms with van der Waals surface area (Å²) in [5, 5.41) is 2.94. The van der Waals surface area contributed by atoms with Crippen molar-refractivity contribution in [2.75, 3.05) is 12.4 Å². The van der Waals surface area contributed by atoms with Gasteiger partial charge < -0.3 is 14.8 Å². The lowest BCUT2D eigenvalue weighted by Gasteiger charge is -2.19. The first-order valence-electron chi connectivity index (χ1n) is 9.45. The summed E-state index contributed by atoms with van der Waals surface area (Å²) < 4.78 is 11.2. The van der Waals surface area contributed by atoms with Crippen LogP contribution in [0.15, 0.2) is 84.9 Å². The number of hydrogen-bond donors (Lipinski definition) is 1. The second kappa shape index (κ2) is 10.2. The number of methoxy groups -OCH3 is 1. The fraction of sp³-hybridized carbons (Fsp3) is 0.208. The summed E-state index contributed by atoms with van der Waals surface area (Å²) >= 11 is 0. The van der Waals surface area contributed by atoms with Gasteiger partial charge in [0.25, 0.3) is 5.91 Å². The number of ether oxygens (including phenoxy) is 2. The number of para-hydroxylation sites is 1. The van der Waals surface area contributed by atoms with E-state index in [-0.39, 0.29) is 5.91 Å². The van der Waals surface area contributed by atoms with Crippen LogP contribution in [0, 0.1) is 0 Å². The first-order valence-corrected chi connectivity index (χ1v) is 9.45. The lowest BCUT2D eigenvalue weighted by atomic mass is 10.1. The van der Waals surface area contributed by atoms with Gasteiger partial charge in [-0.3, -0.25) is 4.79 Å². The van der Waals surface area contributed by atoms with Crippen LogP contribution in [-0.2, 0) is 11.2 Å². The Morgan fingerprint density at radius 2 is 1.50 bits per heavy atom. The molecule has 1 amide bonds. The lowest BCUT2D eigenvalue weighted by molar-refractivity contribution is -0.123. The zero-order chi connectivity index (χ0) is 19.6. The third-order valence-electron chi connectivity index (χ3n) is 4.45. The quantitative estimate of drug-likeness (QED) is 0.566. The van der Waals surface area contributed by atoms with E-state index in [4.69, 9.17) is 9.47 Å². The van der Waals surface area contributed by atoms with E-state index in [2.05, 4.69) is 17.4 Å². The number of benzene rings is 3. The molecule has 1 atom stereocenters. The lowest BCUT2D eigenvalue weighted by Crippen LogP contribution is -2.33. The number of amides is 1. The Balaban J connectivity index is 1.64. The Bertz CT molecular complexity index is 848. The van der Waals surface area contributed by atoms with Gasteiger partial charge in [-0.05, 0) is 61.2 Å². The fourth-order valence-electron chi connectivity index (χ4n) is 2.94. The van der Waals surface area contributed by atoms with Crippen LogP contribution < -0.4 is 14.8 Å². The molecule has 0 aliphatic rings. The van der Waals surface area contributed by atoms with Gasteiger partial charge in [0.15, 0.2) is 6.10 Å². The minimum Gasteiger partial charge on any atom is -0.497 e. The summed E-state index contributed by atoms with van der Waals surface area (Å²) in [7, 11) is 1.62. The normalized spacial score (nSPS) is 11.5. The fourth-order valence-corrected chi connectivity index (χ4v) is 2.94. The summed E-state index contributed by atoms with van der Waals surface area (Å²) in [5.41, 5.74) is 1.98. The van der Waals surface area contributed by atoms with Crippen LogP contribution in [0.4, 0.5) is 5.69 Å². The molecule has 3 rings (SSSR count). The smallest absolute Gasteiger partial charge is 0.265 e. The summed E-state index contributed by atoms with van der Waals surface area (Å²) in [6.45, 7) is 0. The number of rotatable bonds is 9. The van der Waals surface area contributed by atoms with Crippen molar-refractivity contribution in [3.05, 3.63) is 90.5 Å². The molecule has 0 heterocycles. The number of carbonyl (C=O) groups excluding carboxylic acids is 1. The van der Waals surface area contributed by atoms with Crippen molar-refractivity contribution in [3.8, 4) is 11.5 Å². The molecule has 0 spiro atoms. The summed E-state index contributed by atoms with van der Waals surface area (Å²) in [5.74, 6) is 1.29. The summed E-state index contributed by atoms with van der Waals surface area (Å²) in [4.78, 5) is 12.8. The van der Waals surface area contributed by atoms with Crippen LogP contribution in [0.2, 0.25) is 0 Å². The molecule has 0 unspecified atom stereocenters. The van der Waals surface area contributed by atoms with E-state index < -0.39 is 6.10 Å². The van der Waals surface area contributed by atoms with Gasteiger partial charge in [-0.2, -0.15) is 0 Å². The van der Waals surface area contributed by atoms with Crippen molar-refractivity contribution in [2.24, 2.45) is 0 Å². The van der Waals surface area contributed by atoms with Crippen LogP contribution in [0.25, 0.3) is 0 Å². The minimum atomic E-state index is -0.562. The first-order chi connectivity index (χ1) is 13.7. The van der Waals surface area contributed by atoms with E-state index in [9.17, 15) is 4.79 Å². The van der Waals surface area contributed by atoms with Crippen molar-refractivity contribution in [1.29, 1.82) is 0 Å². The standard InChI is InChI=1S/C24H25NO3/c1-27-21-17-15-20(16-18-21)25-24(26)23(28-22-12-6-3-7-13-22)14-8-11-19-9-4-2-5-10-19/h2-7,9-10,12-13,15-18,23H,8,11,14H2,1H3,(H,25,26)/t23-/m0/s1. The summed E-state index contributed by atoms with van der Waals surface area (Å²) in [6.07, 6.45) is 1.84. The third-order valence-corrected chi connectivity index (χ3v) is 4.45. The molecule has 0 aliphatic carbocycles. The molecule has 0 saturated heterocycles. The van der Waals surface area contributed by atoms with E-state index in [1.165, 1.54) is 5.56 Å². The molecule has 3 aromatic rings. The maximum Gasteiger partial charge on any atom is 0.265 e. The number of hydrogen-bond acceptors (Lipinski definition) is 3. The van der Waals surface area contributed by atoms with Crippen molar-refractivity contribution < 1.29 is 14.3 Å². The molecular weight excluding hydrogens is 350 g/mol. The molecule has 4 heteroatoms. The van der Waals surface area contributed by atoms with Crippen molar-refractivity contribution in [2.45, 2.75) is 25.4 Å². The van der Waals surface area contributed by atoms with E-state index in [0.717, 1.165) is 24.3 Å². The highest BCUT2D eigenvalue weighted by molar-refractivity contribution is 5.94. The third kappa shape index (κ3) is 5.88. The molecular formula is C24H25NO3. The largest absolute Gasteiger partial charge is 0.497 e. The Morgan fingerprint density at radius 3 is 2.14 bits per heavy atom. The van der Waals surface area contributed by atoms with E-state index in [1.807, 2.05) is 72.8 Å². The molecule has 0 radical (unpaired) electrons. The second-order valence-electron chi connectivity index (χ2n) is 6.52. The zero-order valence-electron chi connectivity index (χ0n) is 16.0. The molecule has 28 heavy (non-hydrogen) atoms. The van der Waals surface area contributed by atoms with Crippen LogP contribution in [0.1, 0.15) is 18.4 Å². The summed E-state index contributed by atoms with van der Waals surface area (Å²) in [6, 6.07) is 27.0. The topological polar surface area (TPSA) is 47.6 Å². The van der Waals surface area contributed by atoms with Crippen LogP contribution in [-0.4, -0.2) is 19.1 Å². The van der Waals surface area contributed by atoms with Gasteiger partial charge in [-0.15, -0.1) is 0 Å². The molecule has 3 aromatic carbocycles. The number of aryl methyl sites for hydroxylation is 1. The van der Waals surface area contributed by atoms with E-state index in [0.29, 0.717) is 12.2 Å². The zero-order valence-corrected chi connectivity index (χ0v) is 16.0. The molecule has 0 aromatic heterocycles. The number of carbonyl (C=O) groups is 1. The molecule has 0 bridgehead atoms. The molecule has 0 aliphatic heterocycles. The van der Waals surface area contributed by atoms with Crippen LogP contribution in [0.5, 0.6) is 11.5 Å². The maximum atomic E-state index is 12.8. The van der Waals surface area contributed by atoms with Crippen molar-refractivity contribution in [1.82, 2.24) is 0 Å². The van der Waals surface area contributed by atoms with Crippen LogP contribution >= 0.6 is 0 Å². The highest BCUT2D eigenvalue weighted by atomic mass is 16.5. The van der Waals surface area contributed by atoms with Gasteiger partial charge in [0.05, 0.1) is 7.11 Å². The predicted octanol–water partition coefficient (Wildman–Crippen LogP) is 5.10. The van der Waals surface area contributed by atoms with Gasteiger partial charge in [0.1, 0.15) is 11.5 Å².